The van der Waals surface area contributed by atoms with Gasteiger partial charge in [0, 0.05) is 18.9 Å². The molecular formula is C29H35ClN2O4. The molecule has 36 heavy (non-hydrogen) atoms. The largest absolute Gasteiger partial charge is 0.441 e. The number of aromatic nitrogens is 1. The van der Waals surface area contributed by atoms with Gasteiger partial charge in [-0.1, -0.05) is 25.1 Å². The van der Waals surface area contributed by atoms with Gasteiger partial charge in [0.05, 0.1) is 22.2 Å². The van der Waals surface area contributed by atoms with E-state index in [4.69, 9.17) is 20.8 Å². The van der Waals surface area contributed by atoms with Crippen LogP contribution in [-0.4, -0.2) is 68.5 Å². The highest BCUT2D eigenvalue weighted by atomic mass is 35.5. The number of halogens is 1. The average Bonchev–Trinajstić information content (AvgIpc) is 3.49. The van der Waals surface area contributed by atoms with Crippen molar-refractivity contribution in [2.45, 2.75) is 86.7 Å². The van der Waals surface area contributed by atoms with E-state index in [9.17, 15) is 10.2 Å². The van der Waals surface area contributed by atoms with Crippen molar-refractivity contribution < 1.29 is 19.4 Å². The maximum absolute atomic E-state index is 11.2. The summed E-state index contributed by atoms with van der Waals surface area (Å²) in [7, 11) is 3.92. The minimum Gasteiger partial charge on any atom is -0.441 e. The Balaban J connectivity index is 1.30. The lowest BCUT2D eigenvalue weighted by Crippen LogP contribution is -2.68. The summed E-state index contributed by atoms with van der Waals surface area (Å²) in [5.41, 5.74) is 3.92. The van der Waals surface area contributed by atoms with Gasteiger partial charge in [-0.15, -0.1) is 11.6 Å². The lowest BCUT2D eigenvalue weighted by molar-refractivity contribution is -0.199. The van der Waals surface area contributed by atoms with Crippen molar-refractivity contribution in [1.82, 2.24) is 9.88 Å². The van der Waals surface area contributed by atoms with Crippen molar-refractivity contribution in [1.29, 1.82) is 0 Å². The number of oxazole rings is 1. The molecule has 2 spiro atoms. The molecule has 2 bridgehead atoms. The standard InChI is InChI=1S/C29H35ClN2O4/c1-16-31-20-13-17(5-7-22(20)35-16)18-6-8-23-26(18,2)9-11-28(30)14-19-24(33)25(34)21(32(3)4)15-27(19)10-12-29(23,28)36-27/h5-7,13-14,21,23-25,33-34H,8-12,15H2,1-4H3/t21-,23?,24+,25+,26+,27+,28?,29-/m0/s1. The number of hydrogen-bond donors (Lipinski definition) is 2. The third kappa shape index (κ3) is 2.75. The van der Waals surface area contributed by atoms with Gasteiger partial charge in [-0.25, -0.2) is 4.98 Å². The van der Waals surface area contributed by atoms with Crippen LogP contribution in [0.25, 0.3) is 16.7 Å². The molecule has 2 aliphatic heterocycles. The van der Waals surface area contributed by atoms with E-state index in [-0.39, 0.29) is 17.4 Å². The van der Waals surface area contributed by atoms with E-state index >= 15 is 0 Å². The first-order valence-electron chi connectivity index (χ1n) is 13.3. The molecule has 8 atom stereocenters. The minimum absolute atomic E-state index is 0.0739. The van der Waals surface area contributed by atoms with Crippen LogP contribution in [0.5, 0.6) is 0 Å². The van der Waals surface area contributed by atoms with Gasteiger partial charge >= 0.3 is 0 Å². The number of hydrogen-bond acceptors (Lipinski definition) is 6. The lowest BCUT2D eigenvalue weighted by Gasteiger charge is -2.61. The Bertz CT molecular complexity index is 1330. The fourth-order valence-corrected chi connectivity index (χ4v) is 9.12. The highest BCUT2D eigenvalue weighted by Gasteiger charge is 2.73. The van der Waals surface area contributed by atoms with E-state index in [1.54, 1.807) is 0 Å². The van der Waals surface area contributed by atoms with Gasteiger partial charge in [-0.05, 0) is 86.9 Å². The fourth-order valence-electron chi connectivity index (χ4n) is 8.64. The number of nitrogens with zero attached hydrogens (tertiary/aromatic N) is 2. The molecule has 3 heterocycles. The molecule has 2 unspecified atom stereocenters. The van der Waals surface area contributed by atoms with Gasteiger partial charge in [0.2, 0.25) is 0 Å². The smallest absolute Gasteiger partial charge is 0.192 e. The van der Waals surface area contributed by atoms with E-state index in [1.165, 1.54) is 11.1 Å². The van der Waals surface area contributed by atoms with Crippen LogP contribution in [-0.2, 0) is 4.74 Å². The number of likely N-dealkylation sites (N-methyl/N-ethyl adjacent to an activating group) is 1. The second-order valence-electron chi connectivity index (χ2n) is 12.4. The van der Waals surface area contributed by atoms with E-state index in [1.807, 2.05) is 32.0 Å². The Morgan fingerprint density at radius 1 is 1.14 bits per heavy atom. The van der Waals surface area contributed by atoms with Crippen LogP contribution in [0.4, 0.5) is 0 Å². The second kappa shape index (κ2) is 7.23. The first kappa shape index (κ1) is 23.4. The number of ether oxygens (including phenoxy) is 1. The molecule has 2 N–H and O–H groups in total. The molecule has 192 valence electrons. The summed E-state index contributed by atoms with van der Waals surface area (Å²) in [4.78, 5) is 5.89. The topological polar surface area (TPSA) is 79.0 Å². The molecule has 7 rings (SSSR count). The number of rotatable bonds is 2. The van der Waals surface area contributed by atoms with Crippen LogP contribution in [0.2, 0.25) is 0 Å². The third-order valence-electron chi connectivity index (χ3n) is 10.4. The molecule has 0 radical (unpaired) electrons. The highest BCUT2D eigenvalue weighted by Crippen LogP contribution is 2.71. The first-order chi connectivity index (χ1) is 17.0. The second-order valence-corrected chi connectivity index (χ2v) is 13.0. The van der Waals surface area contributed by atoms with Crippen molar-refractivity contribution in [3.05, 3.63) is 47.4 Å². The molecule has 6 nitrogen and oxygen atoms in total. The number of fused-ring (bicyclic) bond motifs is 2. The Morgan fingerprint density at radius 2 is 1.94 bits per heavy atom. The SMILES string of the molecule is Cc1nc2cc(C3=CCC4[C@@]56CC[C@]7(C[C@H](N(C)C)[C@@H](O)[C@H](O)C7=CC5(Cl)CC[C@]34C)O6)ccc2o1. The van der Waals surface area contributed by atoms with Crippen LogP contribution in [0.1, 0.15) is 56.9 Å². The molecule has 7 heteroatoms. The number of aliphatic hydroxyl groups is 2. The zero-order chi connectivity index (χ0) is 25.3. The van der Waals surface area contributed by atoms with Crippen LogP contribution in [0, 0.1) is 18.3 Å². The third-order valence-corrected chi connectivity index (χ3v) is 11.1. The van der Waals surface area contributed by atoms with E-state index < -0.39 is 28.3 Å². The summed E-state index contributed by atoms with van der Waals surface area (Å²) in [5.74, 6) is 0.917. The summed E-state index contributed by atoms with van der Waals surface area (Å²) < 4.78 is 13.0. The Hall–Kier alpha value is -1.70. The van der Waals surface area contributed by atoms with Crippen LogP contribution in [0.3, 0.4) is 0 Å². The lowest BCUT2D eigenvalue weighted by atomic mass is 9.54. The van der Waals surface area contributed by atoms with Gasteiger partial charge in [0.25, 0.3) is 0 Å². The summed E-state index contributed by atoms with van der Waals surface area (Å²) in [6.07, 6.45) is 7.68. The van der Waals surface area contributed by atoms with Gasteiger partial charge in [-0.3, -0.25) is 0 Å². The highest BCUT2D eigenvalue weighted by molar-refractivity contribution is 6.26. The normalized spacial score (nSPS) is 45.3. The molecule has 1 aromatic carbocycles. The van der Waals surface area contributed by atoms with Gasteiger partial charge in [0.1, 0.15) is 11.6 Å². The average molecular weight is 511 g/mol. The molecule has 0 amide bonds. The van der Waals surface area contributed by atoms with Crippen LogP contribution < -0.4 is 0 Å². The molecule has 1 aromatic heterocycles. The van der Waals surface area contributed by atoms with Crippen molar-refractivity contribution >= 4 is 28.3 Å². The predicted molar refractivity (Wildman–Crippen MR) is 139 cm³/mol. The van der Waals surface area contributed by atoms with Crippen molar-refractivity contribution in [3.8, 4) is 0 Å². The minimum atomic E-state index is -0.957. The van der Waals surface area contributed by atoms with Gasteiger partial charge in [-0.2, -0.15) is 0 Å². The van der Waals surface area contributed by atoms with Gasteiger partial charge < -0.3 is 24.3 Å². The number of alkyl halides is 1. The Morgan fingerprint density at radius 3 is 2.72 bits per heavy atom. The first-order valence-corrected chi connectivity index (χ1v) is 13.6. The maximum Gasteiger partial charge on any atom is 0.192 e. The summed E-state index contributed by atoms with van der Waals surface area (Å²) >= 11 is 7.54. The number of allylic oxidation sites excluding steroid dienone is 2. The van der Waals surface area contributed by atoms with Crippen LogP contribution >= 0.6 is 11.6 Å². The summed E-state index contributed by atoms with van der Waals surface area (Å²) in [5, 5.41) is 22.1. The Labute approximate surface area is 217 Å². The maximum atomic E-state index is 11.2. The zero-order valence-corrected chi connectivity index (χ0v) is 22.2. The summed E-state index contributed by atoms with van der Waals surface area (Å²) in [6.45, 7) is 4.27. The quantitative estimate of drug-likeness (QED) is 0.454. The zero-order valence-electron chi connectivity index (χ0n) is 21.4. The van der Waals surface area contributed by atoms with E-state index in [2.05, 4.69) is 36.2 Å². The number of aryl methyl sites for hydroxylation is 1. The van der Waals surface area contributed by atoms with E-state index in [0.29, 0.717) is 12.3 Å². The van der Waals surface area contributed by atoms with E-state index in [0.717, 1.165) is 48.8 Å². The molecule has 3 aliphatic carbocycles. The van der Waals surface area contributed by atoms with Crippen molar-refractivity contribution in [2.75, 3.05) is 14.1 Å². The Kier molecular flexibility index (Phi) is 4.71. The van der Waals surface area contributed by atoms with Crippen LogP contribution in [0.15, 0.2) is 40.3 Å². The molecule has 2 saturated carbocycles. The molecule has 2 aromatic rings. The van der Waals surface area contributed by atoms with Gasteiger partial charge in [0.15, 0.2) is 11.5 Å². The van der Waals surface area contributed by atoms with Crippen molar-refractivity contribution in [3.63, 3.8) is 0 Å². The molecule has 3 fully saturated rings. The number of aliphatic hydroxyl groups excluding tert-OH is 2. The fraction of sp³-hybridized carbons (Fsp3) is 0.621. The summed E-state index contributed by atoms with van der Waals surface area (Å²) in [6, 6.07) is 6.17. The molecule has 5 aliphatic rings. The molecular weight excluding hydrogens is 476 g/mol. The number of benzene rings is 1. The predicted octanol–water partition coefficient (Wildman–Crippen LogP) is 4.60. The molecule has 1 saturated heterocycles. The van der Waals surface area contributed by atoms with Crippen molar-refractivity contribution in [2.24, 2.45) is 11.3 Å². The monoisotopic (exact) mass is 510 g/mol.